The molecule has 0 aliphatic heterocycles. The summed E-state index contributed by atoms with van der Waals surface area (Å²) in [6.45, 7) is 0. The van der Waals surface area contributed by atoms with Crippen LogP contribution in [0, 0.1) is 0 Å². The van der Waals surface area contributed by atoms with E-state index in [0.717, 1.165) is 15.0 Å². The minimum atomic E-state index is -3.49. The molecule has 0 unspecified atom stereocenters. The number of hydrogen-bond acceptors (Lipinski definition) is 6. The second-order valence-corrected chi connectivity index (χ2v) is 9.16. The first kappa shape index (κ1) is 20.1. The summed E-state index contributed by atoms with van der Waals surface area (Å²) in [5.74, 6) is 0.441. The van der Waals surface area contributed by atoms with Gasteiger partial charge in [0.25, 0.3) is 5.91 Å². The Bertz CT molecular complexity index is 1030. The van der Waals surface area contributed by atoms with Gasteiger partial charge in [-0.05, 0) is 42.0 Å². The molecule has 10 heteroatoms. The molecule has 0 atom stereocenters. The minimum Gasteiger partial charge on any atom is -0.322 e. The van der Waals surface area contributed by atoms with E-state index in [1.807, 2.05) is 12.1 Å². The number of aromatic amines is 1. The number of H-pyrrole nitrogens is 1. The van der Waals surface area contributed by atoms with Gasteiger partial charge in [-0.15, -0.1) is 0 Å². The Morgan fingerprint density at radius 2 is 1.79 bits per heavy atom. The van der Waals surface area contributed by atoms with Crippen LogP contribution in [0.4, 0.5) is 5.69 Å². The zero-order valence-corrected chi connectivity index (χ0v) is 16.9. The van der Waals surface area contributed by atoms with Gasteiger partial charge in [-0.1, -0.05) is 23.9 Å². The SMILES string of the molecule is CN(C)S(=O)(=O)c1ccc(NC(=O)c2ccc(CSc3ncn[nH]3)cc2)cc1. The Balaban J connectivity index is 1.61. The molecule has 0 bridgehead atoms. The Hall–Kier alpha value is -2.69. The summed E-state index contributed by atoms with van der Waals surface area (Å²) in [5, 5.41) is 10.1. The number of carbonyl (C=O) groups is 1. The Morgan fingerprint density at radius 3 is 2.36 bits per heavy atom. The number of anilines is 1. The van der Waals surface area contributed by atoms with E-state index < -0.39 is 10.0 Å². The van der Waals surface area contributed by atoms with Crippen LogP contribution in [-0.4, -0.2) is 47.9 Å². The monoisotopic (exact) mass is 417 g/mol. The van der Waals surface area contributed by atoms with Crippen molar-refractivity contribution >= 4 is 33.4 Å². The highest BCUT2D eigenvalue weighted by Gasteiger charge is 2.16. The summed E-state index contributed by atoms with van der Waals surface area (Å²) < 4.78 is 25.3. The summed E-state index contributed by atoms with van der Waals surface area (Å²) in [6, 6.07) is 13.3. The first-order valence-electron chi connectivity index (χ1n) is 8.27. The van der Waals surface area contributed by atoms with E-state index in [-0.39, 0.29) is 10.8 Å². The van der Waals surface area contributed by atoms with Gasteiger partial charge in [0, 0.05) is 31.1 Å². The van der Waals surface area contributed by atoms with Crippen molar-refractivity contribution in [2.45, 2.75) is 15.8 Å². The second-order valence-electron chi connectivity index (χ2n) is 6.04. The third kappa shape index (κ3) is 4.77. The van der Waals surface area contributed by atoms with Gasteiger partial charge in [0.2, 0.25) is 10.0 Å². The molecule has 0 radical (unpaired) electrons. The largest absolute Gasteiger partial charge is 0.322 e. The molecule has 146 valence electrons. The van der Waals surface area contributed by atoms with E-state index in [4.69, 9.17) is 0 Å². The van der Waals surface area contributed by atoms with E-state index >= 15 is 0 Å². The molecular formula is C18H19N5O3S2. The highest BCUT2D eigenvalue weighted by molar-refractivity contribution is 7.98. The van der Waals surface area contributed by atoms with Gasteiger partial charge in [-0.2, -0.15) is 5.10 Å². The maximum absolute atomic E-state index is 12.4. The van der Waals surface area contributed by atoms with Gasteiger partial charge in [0.05, 0.1) is 4.90 Å². The lowest BCUT2D eigenvalue weighted by atomic mass is 10.1. The van der Waals surface area contributed by atoms with Crippen molar-refractivity contribution < 1.29 is 13.2 Å². The molecule has 2 N–H and O–H groups in total. The number of benzene rings is 2. The summed E-state index contributed by atoms with van der Waals surface area (Å²) in [4.78, 5) is 16.6. The highest BCUT2D eigenvalue weighted by Crippen LogP contribution is 2.20. The van der Waals surface area contributed by atoms with Crippen molar-refractivity contribution in [3.63, 3.8) is 0 Å². The number of rotatable bonds is 7. The van der Waals surface area contributed by atoms with Gasteiger partial charge in [0.1, 0.15) is 6.33 Å². The molecule has 0 saturated carbocycles. The Labute approximate surface area is 167 Å². The first-order chi connectivity index (χ1) is 13.4. The first-order valence-corrected chi connectivity index (χ1v) is 10.7. The number of thioether (sulfide) groups is 1. The van der Waals surface area contributed by atoms with E-state index in [1.54, 1.807) is 24.3 Å². The minimum absolute atomic E-state index is 0.170. The molecule has 3 aromatic rings. The van der Waals surface area contributed by atoms with Crippen molar-refractivity contribution in [2.24, 2.45) is 0 Å². The normalized spacial score (nSPS) is 11.5. The Kier molecular flexibility index (Phi) is 6.12. The predicted octanol–water partition coefficient (Wildman–Crippen LogP) is 2.60. The van der Waals surface area contributed by atoms with E-state index in [9.17, 15) is 13.2 Å². The van der Waals surface area contributed by atoms with Crippen molar-refractivity contribution in [1.82, 2.24) is 19.5 Å². The van der Waals surface area contributed by atoms with E-state index in [1.165, 1.54) is 44.3 Å². The number of carbonyl (C=O) groups excluding carboxylic acids is 1. The van der Waals surface area contributed by atoms with Gasteiger partial charge in [-0.3, -0.25) is 9.89 Å². The number of hydrogen-bond donors (Lipinski definition) is 2. The fraction of sp³-hybridized carbons (Fsp3) is 0.167. The van der Waals surface area contributed by atoms with Crippen molar-refractivity contribution in [3.8, 4) is 0 Å². The highest BCUT2D eigenvalue weighted by atomic mass is 32.2. The molecule has 0 fully saturated rings. The Morgan fingerprint density at radius 1 is 1.11 bits per heavy atom. The van der Waals surface area contributed by atoms with Gasteiger partial charge in [-0.25, -0.2) is 17.7 Å². The van der Waals surface area contributed by atoms with Crippen LogP contribution in [-0.2, 0) is 15.8 Å². The van der Waals surface area contributed by atoms with Gasteiger partial charge < -0.3 is 5.32 Å². The molecule has 3 rings (SSSR count). The molecular weight excluding hydrogens is 398 g/mol. The number of amides is 1. The van der Waals surface area contributed by atoms with Crippen molar-refractivity contribution in [3.05, 3.63) is 66.0 Å². The molecule has 1 amide bonds. The zero-order valence-electron chi connectivity index (χ0n) is 15.3. The predicted molar refractivity (Wildman–Crippen MR) is 108 cm³/mol. The third-order valence-electron chi connectivity index (χ3n) is 3.88. The lowest BCUT2D eigenvalue weighted by molar-refractivity contribution is 0.102. The molecule has 0 saturated heterocycles. The van der Waals surface area contributed by atoms with Gasteiger partial charge >= 0.3 is 0 Å². The van der Waals surface area contributed by atoms with Crippen LogP contribution < -0.4 is 5.32 Å². The average Bonchev–Trinajstić information content (AvgIpc) is 3.20. The van der Waals surface area contributed by atoms with Crippen molar-refractivity contribution in [2.75, 3.05) is 19.4 Å². The fourth-order valence-electron chi connectivity index (χ4n) is 2.29. The number of sulfonamides is 1. The van der Waals surface area contributed by atoms with Crippen LogP contribution in [0.3, 0.4) is 0 Å². The molecule has 8 nitrogen and oxygen atoms in total. The maximum atomic E-state index is 12.4. The van der Waals surface area contributed by atoms with E-state index in [0.29, 0.717) is 17.0 Å². The number of nitrogens with zero attached hydrogens (tertiary/aromatic N) is 3. The van der Waals surface area contributed by atoms with Crippen LogP contribution in [0.2, 0.25) is 0 Å². The molecule has 0 aliphatic carbocycles. The molecule has 2 aromatic carbocycles. The molecule has 0 spiro atoms. The average molecular weight is 418 g/mol. The topological polar surface area (TPSA) is 108 Å². The molecule has 28 heavy (non-hydrogen) atoms. The van der Waals surface area contributed by atoms with Crippen LogP contribution in [0.5, 0.6) is 0 Å². The standard InChI is InChI=1S/C18H19N5O3S2/c1-23(2)28(25,26)16-9-7-15(8-10-16)21-17(24)14-5-3-13(4-6-14)11-27-18-19-12-20-22-18/h3-10,12H,11H2,1-2H3,(H,21,24)(H,19,20,22). The lowest BCUT2D eigenvalue weighted by Gasteiger charge is -2.12. The quantitative estimate of drug-likeness (QED) is 0.572. The lowest BCUT2D eigenvalue weighted by Crippen LogP contribution is -2.22. The maximum Gasteiger partial charge on any atom is 0.255 e. The van der Waals surface area contributed by atoms with Crippen LogP contribution in [0.15, 0.2) is 64.9 Å². The van der Waals surface area contributed by atoms with Crippen LogP contribution in [0.25, 0.3) is 0 Å². The molecule has 1 aromatic heterocycles. The van der Waals surface area contributed by atoms with Crippen molar-refractivity contribution in [1.29, 1.82) is 0 Å². The smallest absolute Gasteiger partial charge is 0.255 e. The summed E-state index contributed by atoms with van der Waals surface area (Å²) in [6.07, 6.45) is 1.46. The number of aromatic nitrogens is 3. The third-order valence-corrected chi connectivity index (χ3v) is 6.65. The fourth-order valence-corrected chi connectivity index (χ4v) is 3.93. The van der Waals surface area contributed by atoms with Gasteiger partial charge in [0.15, 0.2) is 5.16 Å². The number of nitrogens with one attached hydrogen (secondary N) is 2. The molecule has 1 heterocycles. The summed E-state index contributed by atoms with van der Waals surface area (Å²) in [5.41, 5.74) is 2.09. The van der Waals surface area contributed by atoms with E-state index in [2.05, 4.69) is 20.5 Å². The summed E-state index contributed by atoms with van der Waals surface area (Å²) in [7, 11) is -0.551. The zero-order chi connectivity index (χ0) is 20.1. The second kappa shape index (κ2) is 8.55. The van der Waals surface area contributed by atoms with Crippen LogP contribution in [0.1, 0.15) is 15.9 Å². The summed E-state index contributed by atoms with van der Waals surface area (Å²) >= 11 is 1.52. The van der Waals surface area contributed by atoms with Crippen LogP contribution >= 0.6 is 11.8 Å². The molecule has 0 aliphatic rings.